The summed E-state index contributed by atoms with van der Waals surface area (Å²) in [5, 5.41) is 0. The van der Waals surface area contributed by atoms with Gasteiger partial charge < -0.3 is 9.40 Å². The molecule has 62 valence electrons. The average molecular weight is 162 g/mol. The van der Waals surface area contributed by atoms with Crippen molar-refractivity contribution >= 4 is 0 Å². The highest BCUT2D eigenvalue weighted by Crippen LogP contribution is 2.20. The first-order chi connectivity index (χ1) is 5.77. The Bertz CT molecular complexity index is 387. The van der Waals surface area contributed by atoms with Crippen molar-refractivity contribution in [2.45, 2.75) is 13.8 Å². The van der Waals surface area contributed by atoms with E-state index in [1.165, 1.54) is 0 Å². The number of nitrogens with zero attached hydrogens (tertiary/aromatic N) is 1. The number of H-pyrrole nitrogens is 1. The lowest BCUT2D eigenvalue weighted by molar-refractivity contribution is 0.576. The fraction of sp³-hybridized carbons (Fsp3) is 0.222. The van der Waals surface area contributed by atoms with Crippen molar-refractivity contribution < 1.29 is 4.42 Å². The molecule has 0 aromatic carbocycles. The van der Waals surface area contributed by atoms with Gasteiger partial charge in [0.05, 0.1) is 6.26 Å². The molecule has 0 saturated carbocycles. The zero-order valence-corrected chi connectivity index (χ0v) is 7.09. The van der Waals surface area contributed by atoms with E-state index in [2.05, 4.69) is 9.97 Å². The lowest BCUT2D eigenvalue weighted by Gasteiger charge is -1.91. The van der Waals surface area contributed by atoms with Gasteiger partial charge in [-0.25, -0.2) is 4.98 Å². The first kappa shape index (κ1) is 7.16. The smallest absolute Gasteiger partial charge is 0.173 e. The number of nitrogens with one attached hydrogen (secondary N) is 1. The van der Waals surface area contributed by atoms with E-state index in [1.807, 2.05) is 19.9 Å². The maximum Gasteiger partial charge on any atom is 0.173 e. The van der Waals surface area contributed by atoms with Gasteiger partial charge in [0, 0.05) is 11.9 Å². The van der Waals surface area contributed by atoms with Crippen LogP contribution in [0.2, 0.25) is 0 Å². The lowest BCUT2D eigenvalue weighted by Crippen LogP contribution is -1.79. The van der Waals surface area contributed by atoms with Gasteiger partial charge in [-0.1, -0.05) is 0 Å². The standard InChI is InChI=1S/C9H10N2O/c1-6-3-4-12-8(6)9-10-5-7(2)11-9/h3-5H,1-2H3,(H,10,11). The van der Waals surface area contributed by atoms with Crippen molar-refractivity contribution in [2.24, 2.45) is 0 Å². The molecule has 0 amide bonds. The summed E-state index contributed by atoms with van der Waals surface area (Å²) >= 11 is 0. The van der Waals surface area contributed by atoms with E-state index in [-0.39, 0.29) is 0 Å². The highest BCUT2D eigenvalue weighted by atomic mass is 16.3. The fourth-order valence-electron chi connectivity index (χ4n) is 1.14. The molecule has 2 rings (SSSR count). The quantitative estimate of drug-likeness (QED) is 0.699. The van der Waals surface area contributed by atoms with Crippen molar-refractivity contribution in [1.29, 1.82) is 0 Å². The molecule has 3 heteroatoms. The molecule has 0 radical (unpaired) electrons. The van der Waals surface area contributed by atoms with Crippen LogP contribution in [0.25, 0.3) is 11.6 Å². The minimum Gasteiger partial charge on any atom is -0.461 e. The van der Waals surface area contributed by atoms with Crippen molar-refractivity contribution in [3.05, 3.63) is 29.8 Å². The fourth-order valence-corrected chi connectivity index (χ4v) is 1.14. The second kappa shape index (κ2) is 2.52. The molecule has 0 unspecified atom stereocenters. The third-order valence-electron chi connectivity index (χ3n) is 1.78. The lowest BCUT2D eigenvalue weighted by atomic mass is 10.3. The Morgan fingerprint density at radius 2 is 2.25 bits per heavy atom. The van der Waals surface area contributed by atoms with Crippen LogP contribution in [-0.4, -0.2) is 9.97 Å². The van der Waals surface area contributed by atoms with Crippen molar-refractivity contribution in [2.75, 3.05) is 0 Å². The number of rotatable bonds is 1. The van der Waals surface area contributed by atoms with Gasteiger partial charge >= 0.3 is 0 Å². The largest absolute Gasteiger partial charge is 0.461 e. The van der Waals surface area contributed by atoms with E-state index in [4.69, 9.17) is 4.42 Å². The van der Waals surface area contributed by atoms with Gasteiger partial charge in [0.15, 0.2) is 11.6 Å². The van der Waals surface area contributed by atoms with Gasteiger partial charge in [-0.15, -0.1) is 0 Å². The van der Waals surface area contributed by atoms with Crippen molar-refractivity contribution in [1.82, 2.24) is 9.97 Å². The second-order valence-electron chi connectivity index (χ2n) is 2.85. The van der Waals surface area contributed by atoms with Gasteiger partial charge in [0.2, 0.25) is 0 Å². The van der Waals surface area contributed by atoms with Crippen LogP contribution in [0, 0.1) is 13.8 Å². The molecule has 0 saturated heterocycles. The molecule has 0 aliphatic heterocycles. The first-order valence-electron chi connectivity index (χ1n) is 3.83. The van der Waals surface area contributed by atoms with E-state index < -0.39 is 0 Å². The number of imidazole rings is 1. The van der Waals surface area contributed by atoms with E-state index >= 15 is 0 Å². The molecule has 0 aliphatic rings. The number of hydrogen-bond acceptors (Lipinski definition) is 2. The van der Waals surface area contributed by atoms with Crippen LogP contribution in [0.15, 0.2) is 22.9 Å². The van der Waals surface area contributed by atoms with Gasteiger partial charge in [0.1, 0.15) is 0 Å². The average Bonchev–Trinajstić information content (AvgIpc) is 2.58. The number of aryl methyl sites for hydroxylation is 2. The third kappa shape index (κ3) is 1.03. The van der Waals surface area contributed by atoms with Crippen LogP contribution in [0.1, 0.15) is 11.3 Å². The maximum absolute atomic E-state index is 5.27. The summed E-state index contributed by atoms with van der Waals surface area (Å²) in [6.45, 7) is 3.96. The van der Waals surface area contributed by atoms with Crippen LogP contribution in [-0.2, 0) is 0 Å². The number of aromatic nitrogens is 2. The molecule has 0 aliphatic carbocycles. The summed E-state index contributed by atoms with van der Waals surface area (Å²) in [5.74, 6) is 1.62. The Morgan fingerprint density at radius 3 is 2.75 bits per heavy atom. The summed E-state index contributed by atoms with van der Waals surface area (Å²) < 4.78 is 5.27. The molecular weight excluding hydrogens is 152 g/mol. The minimum atomic E-state index is 0.801. The molecule has 2 aromatic rings. The van der Waals surface area contributed by atoms with E-state index in [0.717, 1.165) is 22.8 Å². The highest BCUT2D eigenvalue weighted by molar-refractivity contribution is 5.52. The van der Waals surface area contributed by atoms with Crippen molar-refractivity contribution in [3.63, 3.8) is 0 Å². The predicted octanol–water partition coefficient (Wildman–Crippen LogP) is 2.29. The summed E-state index contributed by atoms with van der Waals surface area (Å²) in [7, 11) is 0. The van der Waals surface area contributed by atoms with Gasteiger partial charge in [-0.05, 0) is 25.5 Å². The second-order valence-corrected chi connectivity index (χ2v) is 2.85. The zero-order chi connectivity index (χ0) is 8.55. The van der Waals surface area contributed by atoms with E-state index in [1.54, 1.807) is 12.5 Å². The summed E-state index contributed by atoms with van der Waals surface area (Å²) in [6.07, 6.45) is 3.46. The van der Waals surface area contributed by atoms with Gasteiger partial charge in [-0.3, -0.25) is 0 Å². The Morgan fingerprint density at radius 1 is 1.42 bits per heavy atom. The molecule has 0 spiro atoms. The normalized spacial score (nSPS) is 10.5. The van der Waals surface area contributed by atoms with Crippen LogP contribution in [0.5, 0.6) is 0 Å². The zero-order valence-electron chi connectivity index (χ0n) is 7.09. The molecule has 12 heavy (non-hydrogen) atoms. The topological polar surface area (TPSA) is 41.8 Å². The van der Waals surface area contributed by atoms with Gasteiger partial charge in [0.25, 0.3) is 0 Å². The minimum absolute atomic E-state index is 0.801. The molecule has 0 fully saturated rings. The predicted molar refractivity (Wildman–Crippen MR) is 45.8 cm³/mol. The van der Waals surface area contributed by atoms with Crippen LogP contribution in [0.4, 0.5) is 0 Å². The number of furan rings is 1. The molecule has 2 heterocycles. The molecule has 1 N–H and O–H groups in total. The molecular formula is C9H10N2O. The van der Waals surface area contributed by atoms with Crippen LogP contribution in [0.3, 0.4) is 0 Å². The van der Waals surface area contributed by atoms with Crippen LogP contribution < -0.4 is 0 Å². The van der Waals surface area contributed by atoms with Crippen molar-refractivity contribution in [3.8, 4) is 11.6 Å². The molecule has 2 aromatic heterocycles. The number of aromatic amines is 1. The van der Waals surface area contributed by atoms with E-state index in [9.17, 15) is 0 Å². The first-order valence-corrected chi connectivity index (χ1v) is 3.83. The molecule has 3 nitrogen and oxygen atoms in total. The summed E-state index contributed by atoms with van der Waals surface area (Å²) in [5.41, 5.74) is 2.14. The SMILES string of the molecule is Cc1cnc(-c2occc2C)[nH]1. The van der Waals surface area contributed by atoms with Crippen LogP contribution >= 0.6 is 0 Å². The Balaban J connectivity index is 2.50. The van der Waals surface area contributed by atoms with E-state index in [0.29, 0.717) is 0 Å². The highest BCUT2D eigenvalue weighted by Gasteiger charge is 2.07. The Kier molecular flexibility index (Phi) is 1.50. The molecule has 0 atom stereocenters. The summed E-state index contributed by atoms with van der Waals surface area (Å²) in [6, 6.07) is 1.92. The maximum atomic E-state index is 5.27. The Labute approximate surface area is 70.4 Å². The molecule has 0 bridgehead atoms. The number of hydrogen-bond donors (Lipinski definition) is 1. The summed E-state index contributed by atoms with van der Waals surface area (Å²) in [4.78, 5) is 7.28. The van der Waals surface area contributed by atoms with Gasteiger partial charge in [-0.2, -0.15) is 0 Å². The monoisotopic (exact) mass is 162 g/mol. The third-order valence-corrected chi connectivity index (χ3v) is 1.78. The Hall–Kier alpha value is -1.51.